The molecule has 0 aromatic heterocycles. The first-order chi connectivity index (χ1) is 2.00. The second-order valence-corrected chi connectivity index (χ2v) is 0. The van der Waals surface area contributed by atoms with Crippen molar-refractivity contribution in [2.24, 2.45) is 0 Å². The average Bonchev–Trinajstić information content (AvgIpc) is 1.50. The summed E-state index contributed by atoms with van der Waals surface area (Å²) in [6, 6.07) is 0. The molecule has 5 heavy (non-hydrogen) atoms. The van der Waals surface area contributed by atoms with E-state index in [1.807, 2.05) is 0 Å². The molecule has 0 rings (SSSR count). The molecule has 0 aliphatic rings. The zero-order valence-corrected chi connectivity index (χ0v) is 3.92. The summed E-state index contributed by atoms with van der Waals surface area (Å²) >= 11 is 5.25. The monoisotopic (exact) mass is 166 g/mol. The van der Waals surface area contributed by atoms with E-state index in [2.05, 4.69) is 30.8 Å². The molecule has 2 N–H and O–H groups in total. The summed E-state index contributed by atoms with van der Waals surface area (Å²) in [5.41, 5.74) is 0. The van der Waals surface area contributed by atoms with E-state index in [1.165, 1.54) is 0 Å². The fourth-order valence-corrected chi connectivity index (χ4v) is 0. The molecule has 0 aromatic carbocycles. The normalized spacial score (nSPS) is 2.40. The molecule has 0 unspecified atom stereocenters. The van der Waals surface area contributed by atoms with Gasteiger partial charge in [-0.1, -0.05) is 0 Å². The van der Waals surface area contributed by atoms with E-state index >= 15 is 0 Å². The van der Waals surface area contributed by atoms with Gasteiger partial charge >= 0.3 is 38.6 Å². The molecule has 0 atom stereocenters. The van der Waals surface area contributed by atoms with Gasteiger partial charge in [-0.15, -0.1) is 0 Å². The van der Waals surface area contributed by atoms with Crippen LogP contribution in [0.4, 0.5) is 0 Å². The first-order valence-electron chi connectivity index (χ1n) is 0.258. The van der Waals surface area contributed by atoms with Crippen LogP contribution >= 0.6 is 0 Å². The van der Waals surface area contributed by atoms with Crippen LogP contribution in [0, 0.1) is 0 Å². The van der Waals surface area contributed by atoms with Gasteiger partial charge < -0.3 is 5.48 Å². The first-order valence-corrected chi connectivity index (χ1v) is 1.06. The van der Waals surface area contributed by atoms with Crippen LogP contribution in [0.2, 0.25) is 0 Å². The van der Waals surface area contributed by atoms with Crippen LogP contribution in [-0.4, -0.2) is 5.48 Å². The molecule has 0 saturated carbocycles. The van der Waals surface area contributed by atoms with Gasteiger partial charge in [-0.2, -0.15) is 0 Å². The van der Waals surface area contributed by atoms with Gasteiger partial charge in [0.25, 0.3) is 0 Å². The summed E-state index contributed by atoms with van der Waals surface area (Å²) in [6.07, 6.45) is 0. The molecular formula is H2Ni2O3. The summed E-state index contributed by atoms with van der Waals surface area (Å²) in [5.74, 6) is 0. The van der Waals surface area contributed by atoms with Gasteiger partial charge in [-0.3, -0.25) is 0 Å². The van der Waals surface area contributed by atoms with Gasteiger partial charge in [0.05, 0.1) is 0 Å². The Labute approximate surface area is 44.5 Å². The molecule has 40 valence electrons. The fraction of sp³-hybridized carbons (Fsp3) is 0. The second kappa shape index (κ2) is 191. The van der Waals surface area contributed by atoms with Gasteiger partial charge in [0, 0.05) is 0 Å². The number of hydrogen-bond acceptors (Lipinski definition) is 2. The van der Waals surface area contributed by atoms with E-state index in [0.717, 1.165) is 0 Å². The zero-order valence-electron chi connectivity index (χ0n) is 1.95. The molecule has 0 amide bonds. The van der Waals surface area contributed by atoms with Gasteiger partial charge in [0.1, 0.15) is 0 Å². The maximum atomic E-state index is 7.88. The Morgan fingerprint density at radius 1 is 0.800 bits per heavy atom. The Bertz CT molecular complexity index is 6.85. The molecular weight excluding hydrogens is 165 g/mol. The van der Waals surface area contributed by atoms with Crippen molar-refractivity contribution in [3.05, 3.63) is 0 Å². The predicted molar refractivity (Wildman–Crippen MR) is 4.99 cm³/mol. The molecule has 3 nitrogen and oxygen atoms in total. The van der Waals surface area contributed by atoms with Crippen molar-refractivity contribution in [1.82, 2.24) is 0 Å². The van der Waals surface area contributed by atoms with E-state index in [0.29, 0.717) is 0 Å². The third-order valence-electron chi connectivity index (χ3n) is 0. The molecule has 0 heterocycles. The van der Waals surface area contributed by atoms with Crippen LogP contribution in [0.5, 0.6) is 0 Å². The van der Waals surface area contributed by atoms with Crippen LogP contribution in [0.1, 0.15) is 0 Å². The van der Waals surface area contributed by atoms with Crippen molar-refractivity contribution in [3.63, 3.8) is 0 Å². The first kappa shape index (κ1) is 17.7. The van der Waals surface area contributed by atoms with Crippen molar-refractivity contribution >= 4 is 0 Å². The molecule has 0 aromatic rings. The Morgan fingerprint density at radius 3 is 0.800 bits per heavy atom. The van der Waals surface area contributed by atoms with Crippen LogP contribution in [0.15, 0.2) is 0 Å². The summed E-state index contributed by atoms with van der Waals surface area (Å²) in [4.78, 5) is 0. The van der Waals surface area contributed by atoms with Gasteiger partial charge in [0.2, 0.25) is 0 Å². The van der Waals surface area contributed by atoms with Gasteiger partial charge in [-0.25, -0.2) is 0 Å². The maximum absolute atomic E-state index is 7.88. The third-order valence-corrected chi connectivity index (χ3v) is 0. The van der Waals surface area contributed by atoms with E-state index in [1.54, 1.807) is 0 Å². The Morgan fingerprint density at radius 2 is 0.800 bits per heavy atom. The summed E-state index contributed by atoms with van der Waals surface area (Å²) < 4.78 is 15.8. The average molecular weight is 167 g/mol. The minimum absolute atomic E-state index is 0. The summed E-state index contributed by atoms with van der Waals surface area (Å²) in [7, 11) is 0. The molecule has 0 saturated heterocycles. The van der Waals surface area contributed by atoms with Gasteiger partial charge in [0.15, 0.2) is 0 Å². The van der Waals surface area contributed by atoms with Crippen molar-refractivity contribution < 1.29 is 44.1 Å². The van der Waals surface area contributed by atoms with Crippen LogP contribution in [0.25, 0.3) is 0 Å². The van der Waals surface area contributed by atoms with Gasteiger partial charge in [-0.05, 0) is 0 Å². The number of hydrogen-bond donors (Lipinski definition) is 0. The van der Waals surface area contributed by atoms with Crippen molar-refractivity contribution in [2.45, 2.75) is 0 Å². The Balaban J connectivity index is -0.0000000133. The summed E-state index contributed by atoms with van der Waals surface area (Å²) in [5, 5.41) is 0. The quantitative estimate of drug-likeness (QED) is 0.431. The zero-order chi connectivity index (χ0) is 4.00. The van der Waals surface area contributed by atoms with Crippen LogP contribution in [0.3, 0.4) is 0 Å². The van der Waals surface area contributed by atoms with Crippen LogP contribution in [-0.2, 0) is 38.6 Å². The van der Waals surface area contributed by atoms with Crippen molar-refractivity contribution in [1.29, 1.82) is 0 Å². The van der Waals surface area contributed by atoms with Crippen molar-refractivity contribution in [3.8, 4) is 0 Å². The molecule has 0 radical (unpaired) electrons. The predicted octanol–water partition coefficient (Wildman–Crippen LogP) is -1.07. The molecule has 5 heteroatoms. The Kier molecular flexibility index (Phi) is 676. The summed E-state index contributed by atoms with van der Waals surface area (Å²) in [6.45, 7) is 0. The van der Waals surface area contributed by atoms with Crippen LogP contribution < -0.4 is 0 Å². The van der Waals surface area contributed by atoms with Crippen molar-refractivity contribution in [2.75, 3.05) is 0 Å². The third kappa shape index (κ3) is 98.6. The van der Waals surface area contributed by atoms with E-state index < -0.39 is 0 Å². The standard InChI is InChI=1S/2Ni.H2O.2O/h;;1H2;;. The molecule has 0 aliphatic heterocycles. The number of rotatable bonds is 0. The second-order valence-electron chi connectivity index (χ2n) is 0. The minimum atomic E-state index is 0. The van der Waals surface area contributed by atoms with E-state index in [-0.39, 0.29) is 5.48 Å². The van der Waals surface area contributed by atoms with E-state index in [9.17, 15) is 0 Å². The van der Waals surface area contributed by atoms with E-state index in [4.69, 9.17) is 7.79 Å². The SMILES string of the molecule is O.[O]=[Ni].[O]=[Ni]. The Hall–Kier alpha value is 0.547. The molecule has 0 bridgehead atoms. The fourth-order valence-electron chi connectivity index (χ4n) is 0. The molecule has 0 fully saturated rings. The molecule has 0 spiro atoms. The topological polar surface area (TPSA) is 65.6 Å². The molecule has 0 aliphatic carbocycles.